The van der Waals surface area contributed by atoms with Crippen LogP contribution < -0.4 is 10.1 Å². The van der Waals surface area contributed by atoms with Gasteiger partial charge in [-0.1, -0.05) is 32.0 Å². The predicted molar refractivity (Wildman–Crippen MR) is 133 cm³/mol. The molecule has 0 bridgehead atoms. The standard InChI is InChI=1S/C26H35N5O3/c1-18-14-30(17-28-18)22-9-8-19(12-23(22)33-5)11-20-7-6-10-31-21(15-34-29-25(20)31)13-24(32)27-16-26(2,3)4/h8-9,11-12,14,17,21H,6-7,10,13,15-16H2,1-5H3,(H,27,32)/b20-11+/t21-/m0/s1. The first kappa shape index (κ1) is 23.9. The van der Waals surface area contributed by atoms with Gasteiger partial charge < -0.3 is 24.4 Å². The molecule has 0 aliphatic carbocycles. The van der Waals surface area contributed by atoms with E-state index in [0.717, 1.165) is 53.5 Å². The van der Waals surface area contributed by atoms with Crippen molar-refractivity contribution in [2.24, 2.45) is 10.6 Å². The number of imidazole rings is 1. The Kier molecular flexibility index (Phi) is 6.95. The number of amides is 1. The summed E-state index contributed by atoms with van der Waals surface area (Å²) in [6.07, 6.45) is 8.22. The Morgan fingerprint density at radius 1 is 1.35 bits per heavy atom. The number of carbonyl (C=O) groups is 1. The fourth-order valence-corrected chi connectivity index (χ4v) is 4.29. The highest BCUT2D eigenvalue weighted by molar-refractivity contribution is 6.03. The van der Waals surface area contributed by atoms with E-state index in [1.165, 1.54) is 0 Å². The normalized spacial score (nSPS) is 19.3. The molecule has 8 heteroatoms. The quantitative estimate of drug-likeness (QED) is 0.699. The summed E-state index contributed by atoms with van der Waals surface area (Å²) in [6, 6.07) is 6.12. The molecule has 1 atom stereocenters. The Bertz CT molecular complexity index is 1100. The Morgan fingerprint density at radius 2 is 2.18 bits per heavy atom. The summed E-state index contributed by atoms with van der Waals surface area (Å²) in [6.45, 7) is 10.3. The highest BCUT2D eigenvalue weighted by Crippen LogP contribution is 2.30. The van der Waals surface area contributed by atoms with Gasteiger partial charge in [0, 0.05) is 19.3 Å². The van der Waals surface area contributed by atoms with Crippen LogP contribution in [0.2, 0.25) is 0 Å². The first-order valence-corrected chi connectivity index (χ1v) is 11.9. The molecule has 4 rings (SSSR count). The maximum Gasteiger partial charge on any atom is 0.222 e. The van der Waals surface area contributed by atoms with Gasteiger partial charge in [-0.15, -0.1) is 0 Å². The van der Waals surface area contributed by atoms with Crippen molar-refractivity contribution in [1.29, 1.82) is 0 Å². The number of ether oxygens (including phenoxy) is 1. The molecular weight excluding hydrogens is 430 g/mol. The van der Waals surface area contributed by atoms with E-state index >= 15 is 0 Å². The van der Waals surface area contributed by atoms with Crippen LogP contribution in [-0.4, -0.2) is 59.0 Å². The third-order valence-corrected chi connectivity index (χ3v) is 6.03. The van der Waals surface area contributed by atoms with Crippen LogP contribution >= 0.6 is 0 Å². The first-order valence-electron chi connectivity index (χ1n) is 11.9. The molecule has 3 heterocycles. The Labute approximate surface area is 201 Å². The molecule has 34 heavy (non-hydrogen) atoms. The molecule has 2 aliphatic heterocycles. The largest absolute Gasteiger partial charge is 0.495 e. The zero-order valence-electron chi connectivity index (χ0n) is 20.8. The van der Waals surface area contributed by atoms with Gasteiger partial charge in [0.15, 0.2) is 5.84 Å². The van der Waals surface area contributed by atoms with Crippen molar-refractivity contribution in [2.75, 3.05) is 26.8 Å². The number of piperidine rings is 1. The lowest BCUT2D eigenvalue weighted by atomic mass is 9.96. The van der Waals surface area contributed by atoms with Gasteiger partial charge in [0.05, 0.1) is 37.3 Å². The van der Waals surface area contributed by atoms with Gasteiger partial charge in [-0.2, -0.15) is 0 Å². The van der Waals surface area contributed by atoms with E-state index in [1.54, 1.807) is 13.4 Å². The lowest BCUT2D eigenvalue weighted by Crippen LogP contribution is -2.51. The number of carbonyl (C=O) groups excluding carboxylic acids is 1. The number of nitrogens with zero attached hydrogens (tertiary/aromatic N) is 4. The van der Waals surface area contributed by atoms with Crippen molar-refractivity contribution < 1.29 is 14.4 Å². The minimum atomic E-state index is -0.0161. The molecular formula is C26H35N5O3. The topological polar surface area (TPSA) is 81.0 Å². The lowest BCUT2D eigenvalue weighted by molar-refractivity contribution is -0.123. The van der Waals surface area contributed by atoms with Gasteiger partial charge in [-0.25, -0.2) is 4.98 Å². The average Bonchev–Trinajstić information content (AvgIpc) is 3.24. The second kappa shape index (κ2) is 9.91. The van der Waals surface area contributed by atoms with E-state index in [4.69, 9.17) is 9.57 Å². The second-order valence-electron chi connectivity index (χ2n) is 10.2. The lowest BCUT2D eigenvalue weighted by Gasteiger charge is -2.40. The molecule has 1 N–H and O–H groups in total. The molecule has 0 spiro atoms. The van der Waals surface area contributed by atoms with Gasteiger partial charge in [-0.05, 0) is 54.5 Å². The predicted octanol–water partition coefficient (Wildman–Crippen LogP) is 3.93. The number of hydrogen-bond donors (Lipinski definition) is 1. The number of oxime groups is 1. The number of aryl methyl sites for hydroxylation is 1. The highest BCUT2D eigenvalue weighted by atomic mass is 16.6. The molecule has 0 radical (unpaired) electrons. The van der Waals surface area contributed by atoms with Gasteiger partial charge in [-0.3, -0.25) is 4.79 Å². The molecule has 2 aliphatic rings. The van der Waals surface area contributed by atoms with E-state index in [0.29, 0.717) is 19.6 Å². The summed E-state index contributed by atoms with van der Waals surface area (Å²) in [5.41, 5.74) is 4.09. The van der Waals surface area contributed by atoms with Crippen molar-refractivity contribution in [2.45, 2.75) is 53.0 Å². The molecule has 182 valence electrons. The van der Waals surface area contributed by atoms with Crippen molar-refractivity contribution in [3.05, 3.63) is 47.6 Å². The van der Waals surface area contributed by atoms with E-state index in [-0.39, 0.29) is 17.4 Å². The fourth-order valence-electron chi connectivity index (χ4n) is 4.29. The summed E-state index contributed by atoms with van der Waals surface area (Å²) in [5.74, 6) is 1.66. The monoisotopic (exact) mass is 465 g/mol. The van der Waals surface area contributed by atoms with Gasteiger partial charge in [0.1, 0.15) is 12.4 Å². The molecule has 1 amide bonds. The maximum atomic E-state index is 12.6. The van der Waals surface area contributed by atoms with Crippen LogP contribution in [0, 0.1) is 12.3 Å². The number of nitrogens with one attached hydrogen (secondary N) is 1. The van der Waals surface area contributed by atoms with Crippen LogP contribution in [0.4, 0.5) is 0 Å². The van der Waals surface area contributed by atoms with E-state index in [1.807, 2.05) is 29.8 Å². The Hall–Kier alpha value is -3.29. The third kappa shape index (κ3) is 5.61. The summed E-state index contributed by atoms with van der Waals surface area (Å²) >= 11 is 0. The molecule has 2 aromatic rings. The number of methoxy groups -OCH3 is 1. The van der Waals surface area contributed by atoms with Crippen molar-refractivity contribution in [3.63, 3.8) is 0 Å². The van der Waals surface area contributed by atoms with Crippen molar-refractivity contribution in [1.82, 2.24) is 19.8 Å². The van der Waals surface area contributed by atoms with Gasteiger partial charge in [0.25, 0.3) is 0 Å². The molecule has 1 aromatic carbocycles. The van der Waals surface area contributed by atoms with Crippen LogP contribution in [0.15, 0.2) is 41.5 Å². The molecule has 0 unspecified atom stereocenters. The smallest absolute Gasteiger partial charge is 0.222 e. The molecule has 1 aromatic heterocycles. The molecule has 1 saturated heterocycles. The van der Waals surface area contributed by atoms with Crippen LogP contribution in [0.5, 0.6) is 5.75 Å². The molecule has 1 fully saturated rings. The third-order valence-electron chi connectivity index (χ3n) is 6.03. The van der Waals surface area contributed by atoms with Crippen LogP contribution in [0.1, 0.15) is 51.3 Å². The van der Waals surface area contributed by atoms with E-state index in [9.17, 15) is 4.79 Å². The summed E-state index contributed by atoms with van der Waals surface area (Å²) in [4.78, 5) is 24.7. The SMILES string of the molecule is COc1cc(/C=C2\CCCN3C2=NOC[C@@H]3CC(=O)NCC(C)(C)C)ccc1-n1cnc(C)c1. The Balaban J connectivity index is 1.51. The fraction of sp³-hybridized carbons (Fsp3) is 0.500. The summed E-state index contributed by atoms with van der Waals surface area (Å²) < 4.78 is 7.63. The minimum absolute atomic E-state index is 0.0161. The van der Waals surface area contributed by atoms with Crippen molar-refractivity contribution >= 4 is 17.8 Å². The average molecular weight is 466 g/mol. The molecule has 8 nitrogen and oxygen atoms in total. The molecule has 0 saturated carbocycles. The number of aromatic nitrogens is 2. The number of benzene rings is 1. The second-order valence-corrected chi connectivity index (χ2v) is 10.2. The maximum absolute atomic E-state index is 12.6. The summed E-state index contributed by atoms with van der Waals surface area (Å²) in [5, 5.41) is 7.43. The minimum Gasteiger partial charge on any atom is -0.495 e. The Morgan fingerprint density at radius 3 is 2.88 bits per heavy atom. The zero-order chi connectivity index (χ0) is 24.3. The van der Waals surface area contributed by atoms with E-state index in [2.05, 4.69) is 53.3 Å². The first-order chi connectivity index (χ1) is 16.2. The van der Waals surface area contributed by atoms with E-state index < -0.39 is 0 Å². The number of fused-ring (bicyclic) bond motifs is 1. The zero-order valence-corrected chi connectivity index (χ0v) is 20.8. The van der Waals surface area contributed by atoms with Crippen LogP contribution in [0.25, 0.3) is 11.8 Å². The van der Waals surface area contributed by atoms with Gasteiger partial charge >= 0.3 is 0 Å². The number of hydrogen-bond acceptors (Lipinski definition) is 6. The number of amidine groups is 1. The van der Waals surface area contributed by atoms with Crippen LogP contribution in [-0.2, 0) is 9.63 Å². The van der Waals surface area contributed by atoms with Crippen LogP contribution in [0.3, 0.4) is 0 Å². The highest BCUT2D eigenvalue weighted by Gasteiger charge is 2.33. The van der Waals surface area contributed by atoms with Gasteiger partial charge in [0.2, 0.25) is 5.91 Å². The number of rotatable bonds is 6. The van der Waals surface area contributed by atoms with Crippen molar-refractivity contribution in [3.8, 4) is 11.4 Å². The summed E-state index contributed by atoms with van der Waals surface area (Å²) in [7, 11) is 1.68.